The van der Waals surface area contributed by atoms with Crippen molar-refractivity contribution in [3.8, 4) is 5.69 Å². The topological polar surface area (TPSA) is 79.8 Å². The highest BCUT2D eigenvalue weighted by Gasteiger charge is 2.20. The van der Waals surface area contributed by atoms with E-state index in [9.17, 15) is 9.59 Å². The molecule has 104 valence electrons. The molecule has 2 aromatic rings. The Morgan fingerprint density at radius 3 is 2.65 bits per heavy atom. The molecule has 0 spiro atoms. The van der Waals surface area contributed by atoms with Crippen molar-refractivity contribution in [2.45, 2.75) is 31.7 Å². The quantitative estimate of drug-likeness (QED) is 0.882. The highest BCUT2D eigenvalue weighted by atomic mass is 16.2. The van der Waals surface area contributed by atoms with Gasteiger partial charge in [-0.05, 0) is 25.0 Å². The van der Waals surface area contributed by atoms with Gasteiger partial charge in [0.1, 0.15) is 0 Å². The van der Waals surface area contributed by atoms with Gasteiger partial charge in [0.2, 0.25) is 5.82 Å². The maximum Gasteiger partial charge on any atom is 0.348 e. The van der Waals surface area contributed by atoms with Gasteiger partial charge >= 0.3 is 5.69 Å². The highest BCUT2D eigenvalue weighted by molar-refractivity contribution is 5.90. The molecule has 6 nitrogen and oxygen atoms in total. The fourth-order valence-corrected chi connectivity index (χ4v) is 2.49. The van der Waals surface area contributed by atoms with Crippen molar-refractivity contribution in [2.24, 2.45) is 0 Å². The van der Waals surface area contributed by atoms with Gasteiger partial charge in [0, 0.05) is 6.04 Å². The van der Waals surface area contributed by atoms with Gasteiger partial charge in [-0.25, -0.2) is 4.79 Å². The minimum atomic E-state index is -0.409. The monoisotopic (exact) mass is 272 g/mol. The summed E-state index contributed by atoms with van der Waals surface area (Å²) in [5.41, 5.74) is 0.224. The standard InChI is InChI=1S/C14H16N4O2/c19-13(15-10-6-4-5-7-10)12-16-14(20)18(17-12)11-8-2-1-3-9-11/h1-3,8-10H,4-7H2,(H,15,19)(H,16,17,20). The zero-order valence-corrected chi connectivity index (χ0v) is 11.0. The van der Waals surface area contributed by atoms with E-state index in [1.165, 1.54) is 4.68 Å². The lowest BCUT2D eigenvalue weighted by Gasteiger charge is -2.09. The van der Waals surface area contributed by atoms with E-state index in [0.717, 1.165) is 25.7 Å². The summed E-state index contributed by atoms with van der Waals surface area (Å²) in [4.78, 5) is 26.4. The Hall–Kier alpha value is -2.37. The van der Waals surface area contributed by atoms with Gasteiger partial charge in [-0.15, -0.1) is 5.10 Å². The third-order valence-corrected chi connectivity index (χ3v) is 3.52. The number of hydrogen-bond acceptors (Lipinski definition) is 3. The molecule has 1 fully saturated rings. The molecule has 1 aromatic carbocycles. The Morgan fingerprint density at radius 1 is 1.25 bits per heavy atom. The van der Waals surface area contributed by atoms with Gasteiger partial charge in [-0.2, -0.15) is 4.68 Å². The fraction of sp³-hybridized carbons (Fsp3) is 0.357. The fourth-order valence-electron chi connectivity index (χ4n) is 2.49. The lowest BCUT2D eigenvalue weighted by atomic mass is 10.2. The predicted octanol–water partition coefficient (Wildman–Crippen LogP) is 1.23. The molecule has 0 radical (unpaired) electrons. The number of aromatic nitrogens is 3. The molecule has 1 amide bonds. The van der Waals surface area contributed by atoms with Crippen LogP contribution in [0.4, 0.5) is 0 Å². The van der Waals surface area contributed by atoms with Crippen LogP contribution in [0.25, 0.3) is 5.69 Å². The average molecular weight is 272 g/mol. The van der Waals surface area contributed by atoms with Crippen molar-refractivity contribution in [2.75, 3.05) is 0 Å². The number of carbonyl (C=O) groups is 1. The lowest BCUT2D eigenvalue weighted by molar-refractivity contribution is 0.0927. The minimum absolute atomic E-state index is 0.0609. The molecule has 0 atom stereocenters. The van der Waals surface area contributed by atoms with Crippen molar-refractivity contribution in [3.63, 3.8) is 0 Å². The molecule has 6 heteroatoms. The van der Waals surface area contributed by atoms with Crippen LogP contribution in [0.3, 0.4) is 0 Å². The van der Waals surface area contributed by atoms with Gasteiger partial charge in [-0.1, -0.05) is 31.0 Å². The van der Waals surface area contributed by atoms with Crippen LogP contribution in [0.15, 0.2) is 35.1 Å². The van der Waals surface area contributed by atoms with Crippen molar-refractivity contribution < 1.29 is 4.79 Å². The Kier molecular flexibility index (Phi) is 3.37. The molecule has 1 heterocycles. The first-order valence-electron chi connectivity index (χ1n) is 6.79. The Balaban J connectivity index is 1.81. The van der Waals surface area contributed by atoms with Gasteiger partial charge in [-0.3, -0.25) is 9.78 Å². The molecule has 0 aliphatic heterocycles. The van der Waals surface area contributed by atoms with Crippen LogP contribution in [0, 0.1) is 0 Å². The summed E-state index contributed by atoms with van der Waals surface area (Å²) in [6.07, 6.45) is 4.27. The Bertz CT molecular complexity index is 653. The van der Waals surface area contributed by atoms with E-state index in [-0.39, 0.29) is 17.8 Å². The molecule has 1 aliphatic carbocycles. The highest BCUT2D eigenvalue weighted by Crippen LogP contribution is 2.17. The summed E-state index contributed by atoms with van der Waals surface area (Å²) >= 11 is 0. The van der Waals surface area contributed by atoms with E-state index in [1.54, 1.807) is 12.1 Å². The number of carbonyl (C=O) groups excluding carboxylic acids is 1. The van der Waals surface area contributed by atoms with Crippen LogP contribution in [-0.2, 0) is 0 Å². The van der Waals surface area contributed by atoms with Crippen molar-refractivity contribution in [1.82, 2.24) is 20.1 Å². The summed E-state index contributed by atoms with van der Waals surface area (Å²) in [7, 11) is 0. The summed E-state index contributed by atoms with van der Waals surface area (Å²) in [6.45, 7) is 0. The van der Waals surface area contributed by atoms with Crippen molar-refractivity contribution in [3.05, 3.63) is 46.6 Å². The van der Waals surface area contributed by atoms with Crippen molar-refractivity contribution in [1.29, 1.82) is 0 Å². The van der Waals surface area contributed by atoms with E-state index < -0.39 is 5.69 Å². The molecule has 1 saturated carbocycles. The van der Waals surface area contributed by atoms with Crippen LogP contribution in [-0.4, -0.2) is 26.7 Å². The number of para-hydroxylation sites is 1. The summed E-state index contributed by atoms with van der Waals surface area (Å²) in [5, 5.41) is 6.96. The molecule has 3 rings (SSSR count). The predicted molar refractivity (Wildman–Crippen MR) is 73.9 cm³/mol. The molecular weight excluding hydrogens is 256 g/mol. The maximum absolute atomic E-state index is 12.0. The first kappa shape index (κ1) is 12.7. The van der Waals surface area contributed by atoms with E-state index in [2.05, 4.69) is 15.4 Å². The smallest absolute Gasteiger partial charge is 0.347 e. The molecule has 1 aromatic heterocycles. The van der Waals surface area contributed by atoms with E-state index >= 15 is 0 Å². The largest absolute Gasteiger partial charge is 0.348 e. The van der Waals surface area contributed by atoms with E-state index in [0.29, 0.717) is 5.69 Å². The number of nitrogens with one attached hydrogen (secondary N) is 2. The second kappa shape index (κ2) is 5.32. The Labute approximate surface area is 115 Å². The molecule has 0 unspecified atom stereocenters. The van der Waals surface area contributed by atoms with Gasteiger partial charge in [0.25, 0.3) is 5.91 Å². The van der Waals surface area contributed by atoms with Crippen LogP contribution in [0.1, 0.15) is 36.3 Å². The average Bonchev–Trinajstić information content (AvgIpc) is 3.09. The molecule has 0 saturated heterocycles. The van der Waals surface area contributed by atoms with Gasteiger partial charge in [0.15, 0.2) is 0 Å². The number of rotatable bonds is 3. The molecule has 20 heavy (non-hydrogen) atoms. The zero-order valence-electron chi connectivity index (χ0n) is 11.0. The summed E-state index contributed by atoms with van der Waals surface area (Å²) < 4.78 is 1.20. The van der Waals surface area contributed by atoms with E-state index in [1.807, 2.05) is 18.2 Å². The molecule has 2 N–H and O–H groups in total. The third kappa shape index (κ3) is 2.49. The number of H-pyrrole nitrogens is 1. The van der Waals surface area contributed by atoms with E-state index in [4.69, 9.17) is 0 Å². The number of aromatic amines is 1. The maximum atomic E-state index is 12.0. The minimum Gasteiger partial charge on any atom is -0.347 e. The zero-order chi connectivity index (χ0) is 13.9. The molecule has 1 aliphatic rings. The van der Waals surface area contributed by atoms with Crippen LogP contribution < -0.4 is 11.0 Å². The number of nitrogens with zero attached hydrogens (tertiary/aromatic N) is 2. The first-order valence-corrected chi connectivity index (χ1v) is 6.79. The van der Waals surface area contributed by atoms with Crippen LogP contribution in [0.2, 0.25) is 0 Å². The van der Waals surface area contributed by atoms with Gasteiger partial charge < -0.3 is 5.32 Å². The Morgan fingerprint density at radius 2 is 1.95 bits per heavy atom. The summed E-state index contributed by atoms with van der Waals surface area (Å²) in [6, 6.07) is 9.22. The second-order valence-corrected chi connectivity index (χ2v) is 4.98. The first-order chi connectivity index (χ1) is 9.74. The second-order valence-electron chi connectivity index (χ2n) is 4.98. The molecular formula is C14H16N4O2. The van der Waals surface area contributed by atoms with Crippen LogP contribution in [0.5, 0.6) is 0 Å². The summed E-state index contributed by atoms with van der Waals surface area (Å²) in [5.74, 6) is -0.255. The molecule has 0 bridgehead atoms. The SMILES string of the molecule is O=C(NC1CCCC1)c1nn(-c2ccccc2)c(=O)[nH]1. The number of amides is 1. The van der Waals surface area contributed by atoms with Crippen LogP contribution >= 0.6 is 0 Å². The number of hydrogen-bond donors (Lipinski definition) is 2. The lowest BCUT2D eigenvalue weighted by Crippen LogP contribution is -2.33. The third-order valence-electron chi connectivity index (χ3n) is 3.52. The van der Waals surface area contributed by atoms with Crippen molar-refractivity contribution >= 4 is 5.91 Å². The normalized spacial score (nSPS) is 15.4. The van der Waals surface area contributed by atoms with Gasteiger partial charge in [0.05, 0.1) is 5.69 Å². The number of benzene rings is 1.